The Morgan fingerprint density at radius 3 is 2.64 bits per heavy atom. The van der Waals surface area contributed by atoms with Crippen molar-refractivity contribution in [2.75, 3.05) is 44.0 Å². The molecule has 1 aliphatic rings. The summed E-state index contributed by atoms with van der Waals surface area (Å²) in [6.45, 7) is 0.903. The van der Waals surface area contributed by atoms with Gasteiger partial charge in [0.15, 0.2) is 5.13 Å². The molecule has 1 saturated heterocycles. The van der Waals surface area contributed by atoms with Crippen molar-refractivity contribution in [1.29, 1.82) is 0 Å². The largest absolute Gasteiger partial charge is 0.497 e. The number of benzene rings is 1. The second-order valence-electron chi connectivity index (χ2n) is 6.10. The topological polar surface area (TPSA) is 104 Å². The first kappa shape index (κ1) is 19.6. The monoisotopic (exact) mass is 403 g/mol. The van der Waals surface area contributed by atoms with Gasteiger partial charge in [-0.25, -0.2) is 9.78 Å². The van der Waals surface area contributed by atoms with Gasteiger partial charge < -0.3 is 20.3 Å². The predicted molar refractivity (Wildman–Crippen MR) is 106 cm³/mol. The molecule has 1 aliphatic heterocycles. The smallest absolute Gasteiger partial charge is 0.325 e. The van der Waals surface area contributed by atoms with Crippen LogP contribution in [0.3, 0.4) is 0 Å². The van der Waals surface area contributed by atoms with E-state index in [1.807, 2.05) is 12.1 Å². The van der Waals surface area contributed by atoms with E-state index < -0.39 is 0 Å². The summed E-state index contributed by atoms with van der Waals surface area (Å²) in [5, 5.41) is 7.33. The number of nitrogens with zero attached hydrogens (tertiary/aromatic N) is 3. The highest BCUT2D eigenvalue weighted by atomic mass is 32.1. The molecule has 2 heterocycles. The van der Waals surface area contributed by atoms with Crippen LogP contribution < -0.4 is 20.3 Å². The molecule has 0 atom stereocenters. The second-order valence-corrected chi connectivity index (χ2v) is 6.95. The Kier molecular flexibility index (Phi) is 6.09. The molecule has 28 heavy (non-hydrogen) atoms. The van der Waals surface area contributed by atoms with Crippen LogP contribution in [0, 0.1) is 0 Å². The van der Waals surface area contributed by atoms with Crippen molar-refractivity contribution in [3.63, 3.8) is 0 Å². The van der Waals surface area contributed by atoms with Crippen LogP contribution in [0.2, 0.25) is 0 Å². The number of urea groups is 1. The summed E-state index contributed by atoms with van der Waals surface area (Å²) in [7, 11) is 3.14. The van der Waals surface area contributed by atoms with Crippen LogP contribution in [0.4, 0.5) is 15.6 Å². The Morgan fingerprint density at radius 2 is 1.96 bits per heavy atom. The standard InChI is InChI=1S/C18H21N5O4S/c1-19-15(24)9-12-11-28-17(20-12)21-16(25)10-22-7-8-23(18(22)26)13-3-5-14(27-2)6-4-13/h3-6,11H,7-10H2,1-2H3,(H,19,24)(H,20,21,25). The number of methoxy groups -OCH3 is 1. The summed E-state index contributed by atoms with van der Waals surface area (Å²) in [6, 6.07) is 6.97. The molecule has 0 aliphatic carbocycles. The molecule has 0 bridgehead atoms. The van der Waals surface area contributed by atoms with Gasteiger partial charge in [0.2, 0.25) is 11.8 Å². The minimum absolute atomic E-state index is 0.0597. The SMILES string of the molecule is CNC(=O)Cc1csc(NC(=O)CN2CCN(c3ccc(OC)cc3)C2=O)n1. The number of carbonyl (C=O) groups is 3. The summed E-state index contributed by atoms with van der Waals surface area (Å²) in [6.07, 6.45) is 0.157. The molecule has 3 rings (SSSR count). The maximum atomic E-state index is 12.6. The van der Waals surface area contributed by atoms with Gasteiger partial charge in [0.05, 0.1) is 19.2 Å². The Hall–Kier alpha value is -3.14. The summed E-state index contributed by atoms with van der Waals surface area (Å²) in [4.78, 5) is 43.6. The lowest BCUT2D eigenvalue weighted by atomic mass is 10.3. The number of aromatic nitrogens is 1. The lowest BCUT2D eigenvalue weighted by molar-refractivity contribution is -0.120. The van der Waals surface area contributed by atoms with Gasteiger partial charge in [-0.1, -0.05) is 0 Å². The predicted octanol–water partition coefficient (Wildman–Crippen LogP) is 1.32. The highest BCUT2D eigenvalue weighted by Gasteiger charge is 2.31. The number of ether oxygens (including phenoxy) is 1. The Morgan fingerprint density at radius 1 is 1.21 bits per heavy atom. The third-order valence-corrected chi connectivity index (χ3v) is 5.04. The molecule has 148 valence electrons. The van der Waals surface area contributed by atoms with Gasteiger partial charge in [-0.3, -0.25) is 14.5 Å². The first-order valence-electron chi connectivity index (χ1n) is 8.65. The van der Waals surface area contributed by atoms with Crippen LogP contribution in [0.1, 0.15) is 5.69 Å². The molecular formula is C18H21N5O4S. The number of thiazole rings is 1. The normalized spacial score (nSPS) is 13.6. The van der Waals surface area contributed by atoms with Crippen LogP contribution >= 0.6 is 11.3 Å². The highest BCUT2D eigenvalue weighted by Crippen LogP contribution is 2.23. The van der Waals surface area contributed by atoms with E-state index in [9.17, 15) is 14.4 Å². The number of anilines is 2. The van der Waals surface area contributed by atoms with E-state index in [4.69, 9.17) is 4.74 Å². The van der Waals surface area contributed by atoms with Crippen LogP contribution in [0.25, 0.3) is 0 Å². The molecule has 0 radical (unpaired) electrons. The van der Waals surface area contributed by atoms with Gasteiger partial charge in [-0.15, -0.1) is 11.3 Å². The maximum absolute atomic E-state index is 12.6. The molecule has 0 unspecified atom stereocenters. The zero-order chi connectivity index (χ0) is 20.1. The van der Waals surface area contributed by atoms with Crippen molar-refractivity contribution in [1.82, 2.24) is 15.2 Å². The van der Waals surface area contributed by atoms with Crippen LogP contribution in [-0.2, 0) is 16.0 Å². The van der Waals surface area contributed by atoms with E-state index in [1.165, 1.54) is 16.2 Å². The van der Waals surface area contributed by atoms with Crippen LogP contribution in [0.5, 0.6) is 5.75 Å². The van der Waals surface area contributed by atoms with Gasteiger partial charge in [-0.2, -0.15) is 0 Å². The van der Waals surface area contributed by atoms with Crippen molar-refractivity contribution >= 4 is 40.0 Å². The maximum Gasteiger partial charge on any atom is 0.325 e. The van der Waals surface area contributed by atoms with Crippen molar-refractivity contribution in [3.8, 4) is 5.75 Å². The summed E-state index contributed by atoms with van der Waals surface area (Å²) in [5.41, 5.74) is 1.34. The number of nitrogens with one attached hydrogen (secondary N) is 2. The quantitative estimate of drug-likeness (QED) is 0.726. The number of hydrogen-bond donors (Lipinski definition) is 2. The lowest BCUT2D eigenvalue weighted by Crippen LogP contribution is -2.37. The number of rotatable bonds is 7. The molecule has 2 aromatic rings. The van der Waals surface area contributed by atoms with Crippen molar-refractivity contribution < 1.29 is 19.1 Å². The van der Waals surface area contributed by atoms with Crippen molar-refractivity contribution in [2.45, 2.75) is 6.42 Å². The van der Waals surface area contributed by atoms with E-state index in [0.29, 0.717) is 29.7 Å². The minimum atomic E-state index is -0.328. The zero-order valence-corrected chi connectivity index (χ0v) is 16.4. The molecule has 10 heteroatoms. The first-order valence-corrected chi connectivity index (χ1v) is 9.53. The number of likely N-dealkylation sites (N-methyl/N-ethyl adjacent to an activating group) is 1. The van der Waals surface area contributed by atoms with Gasteiger partial charge in [0.1, 0.15) is 12.3 Å². The van der Waals surface area contributed by atoms with Gasteiger partial charge >= 0.3 is 6.03 Å². The first-order chi connectivity index (χ1) is 13.5. The van der Waals surface area contributed by atoms with E-state index in [1.54, 1.807) is 36.6 Å². The third kappa shape index (κ3) is 4.58. The highest BCUT2D eigenvalue weighted by molar-refractivity contribution is 7.13. The molecule has 0 saturated carbocycles. The Balaban J connectivity index is 1.54. The molecule has 1 aromatic carbocycles. The van der Waals surface area contributed by atoms with Gasteiger partial charge in [0.25, 0.3) is 0 Å². The number of hydrogen-bond acceptors (Lipinski definition) is 6. The fraction of sp³-hybridized carbons (Fsp3) is 0.333. The van der Waals surface area contributed by atoms with Crippen LogP contribution in [-0.4, -0.2) is 61.5 Å². The average molecular weight is 403 g/mol. The third-order valence-electron chi connectivity index (χ3n) is 4.23. The van der Waals surface area contributed by atoms with Gasteiger partial charge in [0, 0.05) is 31.2 Å². The minimum Gasteiger partial charge on any atom is -0.497 e. The summed E-state index contributed by atoms with van der Waals surface area (Å²) in [5.74, 6) is 0.237. The zero-order valence-electron chi connectivity index (χ0n) is 15.6. The average Bonchev–Trinajstić information content (AvgIpc) is 3.28. The van der Waals surface area contributed by atoms with Gasteiger partial charge in [-0.05, 0) is 24.3 Å². The number of carbonyl (C=O) groups excluding carboxylic acids is 3. The second kappa shape index (κ2) is 8.70. The summed E-state index contributed by atoms with van der Waals surface area (Å²) >= 11 is 1.24. The van der Waals surface area contributed by atoms with E-state index in [2.05, 4.69) is 15.6 Å². The van der Waals surface area contributed by atoms with E-state index >= 15 is 0 Å². The fourth-order valence-corrected chi connectivity index (χ4v) is 3.49. The van der Waals surface area contributed by atoms with E-state index in [0.717, 1.165) is 5.69 Å². The summed E-state index contributed by atoms with van der Waals surface area (Å²) < 4.78 is 5.12. The molecule has 4 amide bonds. The van der Waals surface area contributed by atoms with Crippen molar-refractivity contribution in [3.05, 3.63) is 35.3 Å². The molecule has 0 spiro atoms. The lowest BCUT2D eigenvalue weighted by Gasteiger charge is -2.18. The Bertz CT molecular complexity index is 867. The number of amides is 4. The molecule has 9 nitrogen and oxygen atoms in total. The molecule has 2 N–H and O–H groups in total. The van der Waals surface area contributed by atoms with Crippen LogP contribution in [0.15, 0.2) is 29.6 Å². The fourth-order valence-electron chi connectivity index (χ4n) is 2.76. The molecule has 1 fully saturated rings. The molecule has 1 aromatic heterocycles. The van der Waals surface area contributed by atoms with Crippen molar-refractivity contribution in [2.24, 2.45) is 0 Å². The Labute approximate surface area is 166 Å². The van der Waals surface area contributed by atoms with E-state index in [-0.39, 0.29) is 30.8 Å². The molecular weight excluding hydrogens is 382 g/mol.